The number of aryl methyl sites for hydroxylation is 1. The minimum Gasteiger partial charge on any atom is -0.726 e. The van der Waals surface area contributed by atoms with Crippen LogP contribution in [0.25, 0.3) is 21.9 Å². The highest BCUT2D eigenvalue weighted by Gasteiger charge is 2.15. The fourth-order valence-corrected chi connectivity index (χ4v) is 3.21. The lowest BCUT2D eigenvalue weighted by Gasteiger charge is -2.16. The molecule has 180 valence electrons. The molecule has 0 spiro atoms. The number of para-hydroxylation sites is 1. The number of ether oxygens (including phenoxy) is 1. The Morgan fingerprint density at radius 3 is 2.47 bits per heavy atom. The van der Waals surface area contributed by atoms with Crippen LogP contribution in [0.2, 0.25) is 0 Å². The van der Waals surface area contributed by atoms with Gasteiger partial charge in [-0.05, 0) is 12.1 Å². The van der Waals surface area contributed by atoms with Crippen LogP contribution in [0.1, 0.15) is 5.69 Å². The zero-order valence-corrected chi connectivity index (χ0v) is 20.1. The van der Waals surface area contributed by atoms with Gasteiger partial charge in [0.25, 0.3) is 0 Å². The highest BCUT2D eigenvalue weighted by Crippen LogP contribution is 2.37. The molecule has 34 heavy (non-hydrogen) atoms. The summed E-state index contributed by atoms with van der Waals surface area (Å²) in [5.74, 6) is 0.687. The zero-order chi connectivity index (χ0) is 25.0. The van der Waals surface area contributed by atoms with Gasteiger partial charge in [0.2, 0.25) is 10.4 Å². The molecule has 2 heterocycles. The molecule has 0 aliphatic heterocycles. The van der Waals surface area contributed by atoms with E-state index in [1.807, 2.05) is 49.5 Å². The second-order valence-corrected chi connectivity index (χ2v) is 8.30. The molecular formula is C22H24N4O7S. The van der Waals surface area contributed by atoms with Crippen LogP contribution in [0.15, 0.2) is 63.0 Å². The van der Waals surface area contributed by atoms with Crippen molar-refractivity contribution in [3.8, 4) is 5.75 Å². The Morgan fingerprint density at radius 2 is 1.82 bits per heavy atom. The molecule has 11 nitrogen and oxygen atoms in total. The van der Waals surface area contributed by atoms with Gasteiger partial charge < -0.3 is 13.7 Å². The van der Waals surface area contributed by atoms with Crippen LogP contribution in [-0.2, 0) is 28.7 Å². The summed E-state index contributed by atoms with van der Waals surface area (Å²) < 4.78 is 45.6. The Hall–Kier alpha value is -3.74. The molecule has 0 bridgehead atoms. The van der Waals surface area contributed by atoms with Gasteiger partial charge in [0, 0.05) is 30.0 Å². The SMILES string of the molecule is COS(=O)(=O)[O-].COc1cc2c(cc1N(C)N=Cc1cc[n+](C)c(=O)n1C)oc1ccccc12. The van der Waals surface area contributed by atoms with Crippen molar-refractivity contribution in [1.82, 2.24) is 4.57 Å². The molecule has 2 aromatic carbocycles. The Labute approximate surface area is 196 Å². The van der Waals surface area contributed by atoms with E-state index in [1.165, 1.54) is 9.13 Å². The lowest BCUT2D eigenvalue weighted by molar-refractivity contribution is -0.690. The molecule has 0 atom stereocenters. The number of hydrogen-bond acceptors (Lipinski definition) is 9. The number of furan rings is 1. The summed E-state index contributed by atoms with van der Waals surface area (Å²) >= 11 is 0. The van der Waals surface area contributed by atoms with Gasteiger partial charge in [-0.15, -0.1) is 0 Å². The minimum atomic E-state index is -4.41. The van der Waals surface area contributed by atoms with Crippen LogP contribution in [0.4, 0.5) is 5.69 Å². The summed E-state index contributed by atoms with van der Waals surface area (Å²) in [7, 11) is 3.27. The van der Waals surface area contributed by atoms with Crippen molar-refractivity contribution in [1.29, 1.82) is 0 Å². The van der Waals surface area contributed by atoms with Crippen LogP contribution in [-0.4, -0.2) is 45.0 Å². The number of anilines is 1. The van der Waals surface area contributed by atoms with Crippen molar-refractivity contribution in [2.75, 3.05) is 26.3 Å². The minimum absolute atomic E-state index is 0.118. The molecule has 4 aromatic rings. The van der Waals surface area contributed by atoms with Crippen molar-refractivity contribution in [2.24, 2.45) is 19.2 Å². The molecule has 0 saturated carbocycles. The van der Waals surface area contributed by atoms with Gasteiger partial charge >= 0.3 is 5.69 Å². The molecule has 4 rings (SSSR count). The van der Waals surface area contributed by atoms with Gasteiger partial charge in [-0.2, -0.15) is 14.5 Å². The fourth-order valence-electron chi connectivity index (χ4n) is 3.21. The third kappa shape index (κ3) is 5.42. The summed E-state index contributed by atoms with van der Waals surface area (Å²) in [6.45, 7) is 0. The van der Waals surface area contributed by atoms with Gasteiger partial charge in [-0.1, -0.05) is 18.2 Å². The molecule has 0 N–H and O–H groups in total. The maximum atomic E-state index is 12.1. The Morgan fingerprint density at radius 1 is 1.15 bits per heavy atom. The number of nitrogens with zero attached hydrogens (tertiary/aromatic N) is 4. The van der Waals surface area contributed by atoms with Crippen molar-refractivity contribution >= 4 is 44.2 Å². The smallest absolute Gasteiger partial charge is 0.497 e. The van der Waals surface area contributed by atoms with E-state index in [9.17, 15) is 17.8 Å². The number of hydrazone groups is 1. The first-order valence-corrected chi connectivity index (χ1v) is 11.2. The standard InChI is InChI=1S/C21H21N4O3.CH4O4S/c1-23-10-9-14(24(2)21(23)26)13-22-25(3)17-12-19-16(11-20(17)27-4)15-7-5-6-8-18(15)28-19;1-5-6(2,3)4/h5-13H,1-4H3;1H3,(H,2,3,4)/q+1;/p-1. The average molecular weight is 489 g/mol. The van der Waals surface area contributed by atoms with E-state index in [4.69, 9.17) is 9.15 Å². The van der Waals surface area contributed by atoms with Crippen LogP contribution < -0.4 is 20.0 Å². The summed E-state index contributed by atoms with van der Waals surface area (Å²) in [6, 6.07) is 13.6. The first kappa shape index (κ1) is 24.9. The highest BCUT2D eigenvalue weighted by atomic mass is 32.3. The van der Waals surface area contributed by atoms with Crippen LogP contribution in [0.5, 0.6) is 5.75 Å². The molecule has 0 aliphatic rings. The van der Waals surface area contributed by atoms with E-state index in [0.29, 0.717) is 11.4 Å². The highest BCUT2D eigenvalue weighted by molar-refractivity contribution is 7.80. The number of fused-ring (bicyclic) bond motifs is 3. The van der Waals surface area contributed by atoms with Gasteiger partial charge in [0.15, 0.2) is 5.69 Å². The number of aromatic nitrogens is 2. The molecule has 12 heteroatoms. The Kier molecular flexibility index (Phi) is 7.35. The number of methoxy groups -OCH3 is 1. The number of hydrogen-bond donors (Lipinski definition) is 0. The van der Waals surface area contributed by atoms with Gasteiger partial charge in [0.1, 0.15) is 22.6 Å². The second kappa shape index (κ2) is 10.0. The van der Waals surface area contributed by atoms with E-state index in [2.05, 4.69) is 9.28 Å². The molecule has 0 aliphatic carbocycles. The van der Waals surface area contributed by atoms with Crippen LogP contribution >= 0.6 is 0 Å². The van der Waals surface area contributed by atoms with E-state index in [-0.39, 0.29) is 5.69 Å². The van der Waals surface area contributed by atoms with Crippen molar-refractivity contribution < 1.29 is 30.9 Å². The maximum absolute atomic E-state index is 12.1. The van der Waals surface area contributed by atoms with Crippen molar-refractivity contribution in [3.05, 3.63) is 64.8 Å². The third-order valence-electron chi connectivity index (χ3n) is 5.04. The van der Waals surface area contributed by atoms with Gasteiger partial charge in [-0.3, -0.25) is 9.19 Å². The third-order valence-corrected chi connectivity index (χ3v) is 5.45. The topological polar surface area (TPSA) is 130 Å². The average Bonchev–Trinajstić information content (AvgIpc) is 3.18. The first-order chi connectivity index (χ1) is 16.1. The van der Waals surface area contributed by atoms with E-state index in [1.54, 1.807) is 38.6 Å². The normalized spacial score (nSPS) is 11.6. The summed E-state index contributed by atoms with van der Waals surface area (Å²) in [5, 5.41) is 8.22. The molecule has 0 saturated heterocycles. The maximum Gasteiger partial charge on any atom is 0.497 e. The second-order valence-electron chi connectivity index (χ2n) is 7.15. The van der Waals surface area contributed by atoms with Gasteiger partial charge in [0.05, 0.1) is 40.7 Å². The lowest BCUT2D eigenvalue weighted by atomic mass is 10.1. The largest absolute Gasteiger partial charge is 0.726 e. The molecule has 0 unspecified atom stereocenters. The number of rotatable bonds is 5. The first-order valence-electron chi connectivity index (χ1n) is 9.89. The summed E-state index contributed by atoms with van der Waals surface area (Å²) in [5.41, 5.74) is 2.93. The van der Waals surface area contributed by atoms with Crippen LogP contribution in [0, 0.1) is 0 Å². The lowest BCUT2D eigenvalue weighted by Crippen LogP contribution is -2.51. The van der Waals surface area contributed by atoms with Gasteiger partial charge in [-0.25, -0.2) is 13.0 Å². The Bertz CT molecular complexity index is 1520. The molecule has 2 aromatic heterocycles. The van der Waals surface area contributed by atoms with Crippen molar-refractivity contribution in [2.45, 2.75) is 0 Å². The predicted octanol–water partition coefficient (Wildman–Crippen LogP) is 1.68. The summed E-state index contributed by atoms with van der Waals surface area (Å²) in [6.07, 6.45) is 3.36. The predicted molar refractivity (Wildman–Crippen MR) is 126 cm³/mol. The summed E-state index contributed by atoms with van der Waals surface area (Å²) in [4.78, 5) is 12.1. The van der Waals surface area contributed by atoms with E-state index in [0.717, 1.165) is 34.7 Å². The molecule has 0 radical (unpaired) electrons. The van der Waals surface area contributed by atoms with Crippen molar-refractivity contribution in [3.63, 3.8) is 0 Å². The fraction of sp³-hybridized carbons (Fsp3) is 0.227. The monoisotopic (exact) mass is 488 g/mol. The van der Waals surface area contributed by atoms with E-state index < -0.39 is 10.4 Å². The molecular weight excluding hydrogens is 464 g/mol. The zero-order valence-electron chi connectivity index (χ0n) is 19.3. The van der Waals surface area contributed by atoms with Crippen LogP contribution in [0.3, 0.4) is 0 Å². The van der Waals surface area contributed by atoms with E-state index >= 15 is 0 Å². The molecule has 0 amide bonds. The molecule has 0 fully saturated rings. The number of benzene rings is 2. The quantitative estimate of drug-likeness (QED) is 0.136. The Balaban J connectivity index is 0.000000481.